The van der Waals surface area contributed by atoms with Gasteiger partial charge in [0.1, 0.15) is 0 Å². The highest BCUT2D eigenvalue weighted by atomic mass is 15.2. The fourth-order valence-corrected chi connectivity index (χ4v) is 9.88. The predicted octanol–water partition coefficient (Wildman–Crippen LogP) is 12.3. The quantitative estimate of drug-likeness (QED) is 0.170. The lowest BCUT2D eigenvalue weighted by molar-refractivity contribution is 0.483. The maximum absolute atomic E-state index is 2.69. The lowest BCUT2D eigenvalue weighted by Crippen LogP contribution is -2.35. The molecule has 0 amide bonds. The van der Waals surface area contributed by atoms with Gasteiger partial charge in [-0.2, -0.15) is 0 Å². The van der Waals surface area contributed by atoms with Gasteiger partial charge in [-0.25, -0.2) is 0 Å². The molecule has 10 rings (SSSR count). The van der Waals surface area contributed by atoms with Crippen LogP contribution < -0.4 is 4.90 Å². The summed E-state index contributed by atoms with van der Waals surface area (Å²) in [5.41, 5.74) is 16.9. The minimum absolute atomic E-state index is 0.263. The fraction of sp³-hybridized carbons (Fsp3) is 0.224. The van der Waals surface area contributed by atoms with Crippen molar-refractivity contribution in [3.63, 3.8) is 0 Å². The van der Waals surface area contributed by atoms with Gasteiger partial charge in [0.2, 0.25) is 0 Å². The molecule has 1 aromatic heterocycles. The normalized spacial score (nSPS) is 23.8. The standard InChI is InChI=1S/C49H44N2/c1-33-24-29-49-45(30-33)42-20-10-13-23-48(42)51(49)37-26-28-39(44(32-37)35-16-6-3-7-17-35)38-27-25-36(31-43(38)34-14-4-2-5-15-34)50-46-21-11-8-18-40(46)41-19-9-12-22-47(41)50/h2-8,10-18,20-25,27,29,32-33,43,45,49H,9,19,26,28,30-31H2,1H3. The van der Waals surface area contributed by atoms with E-state index >= 15 is 0 Å². The average Bonchev–Trinajstić information content (AvgIpc) is 3.71. The first-order chi connectivity index (χ1) is 25.2. The van der Waals surface area contributed by atoms with E-state index in [1.165, 1.54) is 79.1 Å². The van der Waals surface area contributed by atoms with Crippen LogP contribution in [-0.4, -0.2) is 10.6 Å². The molecule has 0 spiro atoms. The lowest BCUT2D eigenvalue weighted by Gasteiger charge is -2.37. The second-order valence-corrected chi connectivity index (χ2v) is 15.1. The summed E-state index contributed by atoms with van der Waals surface area (Å²) in [6.07, 6.45) is 23.6. The van der Waals surface area contributed by atoms with Crippen LogP contribution in [-0.2, 0) is 6.42 Å². The van der Waals surface area contributed by atoms with Gasteiger partial charge in [0.05, 0.1) is 11.6 Å². The monoisotopic (exact) mass is 660 g/mol. The highest BCUT2D eigenvalue weighted by molar-refractivity contribution is 5.93. The maximum Gasteiger partial charge on any atom is 0.0588 e. The summed E-state index contributed by atoms with van der Waals surface area (Å²) in [6.45, 7) is 2.37. The topological polar surface area (TPSA) is 8.17 Å². The number of rotatable bonds is 5. The first kappa shape index (κ1) is 30.5. The van der Waals surface area contributed by atoms with Gasteiger partial charge in [-0.1, -0.05) is 128 Å². The molecule has 4 unspecified atom stereocenters. The molecular formula is C49H44N2. The van der Waals surface area contributed by atoms with E-state index < -0.39 is 0 Å². The van der Waals surface area contributed by atoms with Gasteiger partial charge >= 0.3 is 0 Å². The van der Waals surface area contributed by atoms with Crippen LogP contribution >= 0.6 is 0 Å². The highest BCUT2D eigenvalue weighted by Gasteiger charge is 2.41. The summed E-state index contributed by atoms with van der Waals surface area (Å²) in [5.74, 6) is 1.42. The number of para-hydroxylation sites is 2. The molecule has 0 bridgehead atoms. The van der Waals surface area contributed by atoms with Crippen LogP contribution in [0.5, 0.6) is 0 Å². The van der Waals surface area contributed by atoms with Crippen LogP contribution in [0.15, 0.2) is 162 Å². The minimum atomic E-state index is 0.263. The lowest BCUT2D eigenvalue weighted by atomic mass is 9.75. The van der Waals surface area contributed by atoms with Crippen LogP contribution in [0.3, 0.4) is 0 Å². The Morgan fingerprint density at radius 3 is 2.37 bits per heavy atom. The van der Waals surface area contributed by atoms with Crippen LogP contribution in [0, 0.1) is 5.92 Å². The molecule has 2 nitrogen and oxygen atoms in total. The molecule has 0 saturated heterocycles. The van der Waals surface area contributed by atoms with Crippen molar-refractivity contribution >= 4 is 33.9 Å². The molecule has 2 heteroatoms. The summed E-state index contributed by atoms with van der Waals surface area (Å²) in [6, 6.07) is 41.0. The molecule has 4 aliphatic carbocycles. The Labute approximate surface area is 302 Å². The van der Waals surface area contributed by atoms with Crippen LogP contribution in [0.4, 0.5) is 5.69 Å². The summed E-state index contributed by atoms with van der Waals surface area (Å²) in [5, 5.41) is 1.40. The Morgan fingerprint density at radius 2 is 1.49 bits per heavy atom. The van der Waals surface area contributed by atoms with E-state index in [1.54, 1.807) is 0 Å². The van der Waals surface area contributed by atoms with Crippen molar-refractivity contribution in [3.8, 4) is 0 Å². The predicted molar refractivity (Wildman–Crippen MR) is 214 cm³/mol. The number of aromatic nitrogens is 1. The molecule has 4 aromatic carbocycles. The summed E-state index contributed by atoms with van der Waals surface area (Å²) in [4.78, 5) is 2.69. The van der Waals surface area contributed by atoms with Crippen molar-refractivity contribution in [1.82, 2.24) is 4.57 Å². The Morgan fingerprint density at radius 1 is 0.706 bits per heavy atom. The molecule has 2 heterocycles. The first-order valence-corrected chi connectivity index (χ1v) is 19.0. The number of hydrogen-bond donors (Lipinski definition) is 0. The molecule has 0 N–H and O–H groups in total. The van der Waals surface area contributed by atoms with Gasteiger partial charge in [0, 0.05) is 40.0 Å². The van der Waals surface area contributed by atoms with E-state index in [2.05, 4.69) is 168 Å². The van der Waals surface area contributed by atoms with Gasteiger partial charge in [-0.3, -0.25) is 0 Å². The van der Waals surface area contributed by atoms with Crippen LogP contribution in [0.2, 0.25) is 0 Å². The summed E-state index contributed by atoms with van der Waals surface area (Å²) in [7, 11) is 0. The fourth-order valence-electron chi connectivity index (χ4n) is 9.88. The highest BCUT2D eigenvalue weighted by Crippen LogP contribution is 2.52. The Kier molecular flexibility index (Phi) is 7.45. The number of fused-ring (bicyclic) bond motifs is 6. The second kappa shape index (κ2) is 12.5. The zero-order chi connectivity index (χ0) is 33.9. The van der Waals surface area contributed by atoms with Gasteiger partial charge in [-0.05, 0) is 114 Å². The van der Waals surface area contributed by atoms with Gasteiger partial charge in [-0.15, -0.1) is 0 Å². The van der Waals surface area contributed by atoms with Gasteiger partial charge in [0.25, 0.3) is 0 Å². The van der Waals surface area contributed by atoms with Crippen molar-refractivity contribution in [2.75, 3.05) is 4.90 Å². The van der Waals surface area contributed by atoms with Crippen molar-refractivity contribution < 1.29 is 0 Å². The zero-order valence-electron chi connectivity index (χ0n) is 29.4. The smallest absolute Gasteiger partial charge is 0.0588 e. The Bertz CT molecular complexity index is 2340. The van der Waals surface area contributed by atoms with Crippen molar-refractivity contribution in [2.24, 2.45) is 5.92 Å². The third kappa shape index (κ3) is 5.07. The average molecular weight is 661 g/mol. The van der Waals surface area contributed by atoms with Crippen LogP contribution in [0.25, 0.3) is 28.2 Å². The van der Waals surface area contributed by atoms with Gasteiger partial charge in [0.15, 0.2) is 0 Å². The second-order valence-electron chi connectivity index (χ2n) is 15.1. The molecule has 51 heavy (non-hydrogen) atoms. The molecule has 4 atom stereocenters. The third-order valence-corrected chi connectivity index (χ3v) is 12.2. The van der Waals surface area contributed by atoms with Gasteiger partial charge < -0.3 is 9.47 Å². The van der Waals surface area contributed by atoms with Crippen molar-refractivity contribution in [1.29, 1.82) is 0 Å². The van der Waals surface area contributed by atoms with Crippen molar-refractivity contribution in [3.05, 3.63) is 190 Å². The molecule has 0 fully saturated rings. The number of benzene rings is 4. The van der Waals surface area contributed by atoms with E-state index in [0.29, 0.717) is 17.9 Å². The Balaban J connectivity index is 1.15. The molecule has 5 aromatic rings. The SMILES string of the molecule is CC1C=CC2C(C1)c1ccccc1N2C1=CC(c2ccccc2)=C(C2=CC=C(n3c4c(c5ccccc53)CCC=C4)CC2c2ccccc2)CC1. The van der Waals surface area contributed by atoms with E-state index in [0.717, 1.165) is 32.1 Å². The number of allylic oxidation sites excluding steroid dienone is 10. The minimum Gasteiger partial charge on any atom is -0.337 e. The largest absolute Gasteiger partial charge is 0.337 e. The molecule has 0 saturated carbocycles. The summed E-state index contributed by atoms with van der Waals surface area (Å²) >= 11 is 0. The molecule has 5 aliphatic rings. The molecule has 1 aliphatic heterocycles. The van der Waals surface area contributed by atoms with E-state index in [9.17, 15) is 0 Å². The molecule has 250 valence electrons. The number of nitrogens with zero attached hydrogens (tertiary/aromatic N) is 2. The number of hydrogen-bond acceptors (Lipinski definition) is 1. The molecular weight excluding hydrogens is 617 g/mol. The van der Waals surface area contributed by atoms with E-state index in [1.807, 2.05) is 0 Å². The Hall–Kier alpha value is -5.34. The number of aryl methyl sites for hydroxylation is 1. The molecule has 0 radical (unpaired) electrons. The van der Waals surface area contributed by atoms with Crippen molar-refractivity contribution in [2.45, 2.75) is 63.3 Å². The summed E-state index contributed by atoms with van der Waals surface area (Å²) < 4.78 is 2.56. The maximum atomic E-state index is 2.69. The van der Waals surface area contributed by atoms with Crippen LogP contribution in [0.1, 0.15) is 78.8 Å². The number of anilines is 1. The first-order valence-electron chi connectivity index (χ1n) is 19.0. The van der Waals surface area contributed by atoms with E-state index in [4.69, 9.17) is 0 Å². The zero-order valence-corrected chi connectivity index (χ0v) is 29.4. The third-order valence-electron chi connectivity index (χ3n) is 12.2. The van der Waals surface area contributed by atoms with E-state index in [-0.39, 0.29) is 5.92 Å².